The van der Waals surface area contributed by atoms with Crippen LogP contribution in [0.1, 0.15) is 13.8 Å². The van der Waals surface area contributed by atoms with Crippen molar-refractivity contribution in [2.75, 3.05) is 0 Å². The van der Waals surface area contributed by atoms with Gasteiger partial charge in [-0.05, 0) is 13.8 Å². The van der Waals surface area contributed by atoms with Crippen molar-refractivity contribution in [2.24, 2.45) is 5.10 Å². The van der Waals surface area contributed by atoms with Crippen LogP contribution < -0.4 is 0 Å². The molecule has 14 heavy (non-hydrogen) atoms. The SMILES string of the molecule is CC(C)N1N=CN([N+](=O)[O-])C1[N+](=O)[O-]. The van der Waals surface area contributed by atoms with E-state index in [-0.39, 0.29) is 6.04 Å². The van der Waals surface area contributed by atoms with Crippen LogP contribution in [-0.2, 0) is 0 Å². The molecule has 1 aliphatic rings. The van der Waals surface area contributed by atoms with Crippen LogP contribution in [0.25, 0.3) is 0 Å². The summed E-state index contributed by atoms with van der Waals surface area (Å²) in [5.74, 6) is 0. The number of nitrogens with zero attached hydrogens (tertiary/aromatic N) is 5. The Bertz CT molecular complexity index is 290. The summed E-state index contributed by atoms with van der Waals surface area (Å²) in [6.45, 7) is 3.33. The predicted octanol–water partition coefficient (Wildman–Crippen LogP) is -0.292. The molecule has 78 valence electrons. The Hall–Kier alpha value is -1.93. The number of hydrazone groups is 1. The van der Waals surface area contributed by atoms with E-state index in [4.69, 9.17) is 0 Å². The van der Waals surface area contributed by atoms with E-state index >= 15 is 0 Å². The molecule has 0 aromatic carbocycles. The van der Waals surface area contributed by atoms with Gasteiger partial charge < -0.3 is 0 Å². The highest BCUT2D eigenvalue weighted by atomic mass is 16.7. The van der Waals surface area contributed by atoms with Crippen LogP contribution in [0.3, 0.4) is 0 Å². The highest BCUT2D eigenvalue weighted by Crippen LogP contribution is 2.15. The van der Waals surface area contributed by atoms with E-state index in [0.717, 1.165) is 11.3 Å². The van der Waals surface area contributed by atoms with Gasteiger partial charge in [0.05, 0.1) is 11.0 Å². The monoisotopic (exact) mass is 203 g/mol. The van der Waals surface area contributed by atoms with Gasteiger partial charge in [-0.25, -0.2) is 15.1 Å². The summed E-state index contributed by atoms with van der Waals surface area (Å²) in [5.41, 5.74) is 0. The zero-order chi connectivity index (χ0) is 10.9. The van der Waals surface area contributed by atoms with Gasteiger partial charge in [0.1, 0.15) is 0 Å². The molecule has 1 rings (SSSR count). The molecule has 0 fully saturated rings. The zero-order valence-corrected chi connectivity index (χ0v) is 7.60. The van der Waals surface area contributed by atoms with Gasteiger partial charge in [-0.3, -0.25) is 10.1 Å². The van der Waals surface area contributed by atoms with Gasteiger partial charge in [0, 0.05) is 5.01 Å². The molecule has 0 saturated carbocycles. The molecular formula is C5H9N5O4. The van der Waals surface area contributed by atoms with Crippen molar-refractivity contribution in [3.63, 3.8) is 0 Å². The molecule has 1 atom stereocenters. The lowest BCUT2D eigenvalue weighted by molar-refractivity contribution is -0.718. The number of hydrogen-bond donors (Lipinski definition) is 0. The lowest BCUT2D eigenvalue weighted by Gasteiger charge is -2.20. The molecule has 0 saturated heterocycles. The Labute approximate surface area is 78.9 Å². The zero-order valence-electron chi connectivity index (χ0n) is 7.60. The fraction of sp³-hybridized carbons (Fsp3) is 0.800. The van der Waals surface area contributed by atoms with Crippen LogP contribution >= 0.6 is 0 Å². The first-order chi connectivity index (χ1) is 6.45. The number of rotatable bonds is 3. The van der Waals surface area contributed by atoms with Crippen LogP contribution in [0.2, 0.25) is 0 Å². The van der Waals surface area contributed by atoms with Crippen LogP contribution in [0.15, 0.2) is 5.10 Å². The van der Waals surface area contributed by atoms with Gasteiger partial charge in [0.15, 0.2) is 11.4 Å². The molecule has 0 bridgehead atoms. The fourth-order valence-electron chi connectivity index (χ4n) is 1.07. The van der Waals surface area contributed by atoms with Crippen LogP contribution in [0.4, 0.5) is 0 Å². The van der Waals surface area contributed by atoms with E-state index in [1.807, 2.05) is 0 Å². The molecule has 0 N–H and O–H groups in total. The maximum Gasteiger partial charge on any atom is 0.437 e. The third-order valence-electron chi connectivity index (χ3n) is 1.68. The highest BCUT2D eigenvalue weighted by Gasteiger charge is 2.46. The molecule has 0 amide bonds. The van der Waals surface area contributed by atoms with Crippen molar-refractivity contribution in [3.8, 4) is 0 Å². The number of nitro groups is 2. The third kappa shape index (κ3) is 1.56. The predicted molar refractivity (Wildman–Crippen MR) is 45.1 cm³/mol. The quantitative estimate of drug-likeness (QED) is 0.460. The highest BCUT2D eigenvalue weighted by molar-refractivity contribution is 5.54. The summed E-state index contributed by atoms with van der Waals surface area (Å²) in [6.07, 6.45) is -0.710. The van der Waals surface area contributed by atoms with Crippen molar-refractivity contribution >= 4 is 6.34 Å². The second-order valence-electron chi connectivity index (χ2n) is 2.95. The van der Waals surface area contributed by atoms with E-state index in [1.165, 1.54) is 0 Å². The van der Waals surface area contributed by atoms with Crippen molar-refractivity contribution in [1.82, 2.24) is 10.0 Å². The minimum absolute atomic E-state index is 0.272. The molecular weight excluding hydrogens is 194 g/mol. The van der Waals surface area contributed by atoms with Gasteiger partial charge in [-0.1, -0.05) is 0 Å². The topological polar surface area (TPSA) is 105 Å². The molecule has 0 aromatic heterocycles. The Morgan fingerprint density at radius 1 is 1.43 bits per heavy atom. The third-order valence-corrected chi connectivity index (χ3v) is 1.68. The first-order valence-electron chi connectivity index (χ1n) is 3.83. The Balaban J connectivity index is 2.90. The van der Waals surface area contributed by atoms with Crippen molar-refractivity contribution in [3.05, 3.63) is 20.2 Å². The van der Waals surface area contributed by atoms with Crippen molar-refractivity contribution in [1.29, 1.82) is 0 Å². The summed E-state index contributed by atoms with van der Waals surface area (Å²) in [7, 11) is 0. The average molecular weight is 203 g/mol. The van der Waals surface area contributed by atoms with E-state index in [2.05, 4.69) is 5.10 Å². The summed E-state index contributed by atoms with van der Waals surface area (Å²) in [6, 6.07) is -0.272. The normalized spacial score (nSPS) is 20.6. The average Bonchev–Trinajstić information content (AvgIpc) is 2.46. The maximum atomic E-state index is 10.6. The standard InChI is InChI=1S/C5H9N5O4/c1-4(2)8-5(9(11)12)7(3-6-8)10(13)14/h3-5H,1-2H3. The van der Waals surface area contributed by atoms with E-state index in [9.17, 15) is 20.2 Å². The second-order valence-corrected chi connectivity index (χ2v) is 2.95. The summed E-state index contributed by atoms with van der Waals surface area (Å²) >= 11 is 0. The van der Waals surface area contributed by atoms with Gasteiger partial charge >= 0.3 is 6.29 Å². The Kier molecular flexibility index (Phi) is 2.49. The second kappa shape index (κ2) is 3.44. The minimum Gasteiger partial charge on any atom is -0.260 e. The van der Waals surface area contributed by atoms with Crippen molar-refractivity contribution in [2.45, 2.75) is 26.2 Å². The van der Waals surface area contributed by atoms with Crippen LogP contribution in [0.5, 0.6) is 0 Å². The van der Waals surface area contributed by atoms with Crippen LogP contribution in [0, 0.1) is 20.2 Å². The molecule has 0 spiro atoms. The van der Waals surface area contributed by atoms with Crippen LogP contribution in [-0.4, -0.2) is 38.6 Å². The lowest BCUT2D eigenvalue weighted by atomic mass is 10.4. The van der Waals surface area contributed by atoms with Crippen molar-refractivity contribution < 1.29 is 9.96 Å². The summed E-state index contributed by atoms with van der Waals surface area (Å²) < 4.78 is 0. The molecule has 0 radical (unpaired) electrons. The molecule has 9 heteroatoms. The first-order valence-corrected chi connectivity index (χ1v) is 3.83. The Morgan fingerprint density at radius 3 is 2.36 bits per heavy atom. The lowest BCUT2D eigenvalue weighted by Crippen LogP contribution is -2.50. The number of hydrogen-bond acceptors (Lipinski definition) is 6. The molecule has 9 nitrogen and oxygen atoms in total. The minimum atomic E-state index is -1.55. The van der Waals surface area contributed by atoms with Gasteiger partial charge in [0.2, 0.25) is 0 Å². The summed E-state index contributed by atoms with van der Waals surface area (Å²) in [5, 5.41) is 25.1. The molecule has 0 aromatic rings. The molecule has 1 unspecified atom stereocenters. The Morgan fingerprint density at radius 2 is 2.00 bits per heavy atom. The number of hydrazine groups is 1. The molecule has 1 heterocycles. The van der Waals surface area contributed by atoms with Gasteiger partial charge in [-0.2, -0.15) is 5.10 Å². The van der Waals surface area contributed by atoms with E-state index in [0.29, 0.717) is 5.01 Å². The fourth-order valence-corrected chi connectivity index (χ4v) is 1.07. The smallest absolute Gasteiger partial charge is 0.260 e. The maximum absolute atomic E-state index is 10.6. The largest absolute Gasteiger partial charge is 0.437 e. The van der Waals surface area contributed by atoms with E-state index < -0.39 is 16.2 Å². The van der Waals surface area contributed by atoms with Gasteiger partial charge in [-0.15, -0.1) is 0 Å². The molecule has 1 aliphatic heterocycles. The first kappa shape index (κ1) is 10.2. The van der Waals surface area contributed by atoms with E-state index in [1.54, 1.807) is 13.8 Å². The van der Waals surface area contributed by atoms with Gasteiger partial charge in [0.25, 0.3) is 0 Å². The molecule has 0 aliphatic carbocycles. The summed E-state index contributed by atoms with van der Waals surface area (Å²) in [4.78, 5) is 20.2.